The number of rotatable bonds is 1. The SMILES string of the molecule is ClCc1ccc(Cl)c2ccc(Cl)cc12. The van der Waals surface area contributed by atoms with E-state index in [2.05, 4.69) is 0 Å². The standard InChI is InChI=1S/C11H7Cl3/c12-6-7-1-4-11(14)9-3-2-8(13)5-10(7)9/h1-5H,6H2. The minimum atomic E-state index is 0.466. The summed E-state index contributed by atoms with van der Waals surface area (Å²) in [6.45, 7) is 0. The topological polar surface area (TPSA) is 0 Å². The summed E-state index contributed by atoms with van der Waals surface area (Å²) >= 11 is 17.8. The molecule has 0 amide bonds. The quantitative estimate of drug-likeness (QED) is 0.628. The predicted molar refractivity (Wildman–Crippen MR) is 63.5 cm³/mol. The Morgan fingerprint density at radius 1 is 0.929 bits per heavy atom. The smallest absolute Gasteiger partial charge is 0.0484 e. The zero-order valence-corrected chi connectivity index (χ0v) is 9.50. The first kappa shape index (κ1) is 10.1. The van der Waals surface area contributed by atoms with Crippen molar-refractivity contribution in [3.8, 4) is 0 Å². The highest BCUT2D eigenvalue weighted by molar-refractivity contribution is 6.36. The zero-order chi connectivity index (χ0) is 10.1. The summed E-state index contributed by atoms with van der Waals surface area (Å²) in [5, 5.41) is 3.45. The van der Waals surface area contributed by atoms with E-state index in [0.29, 0.717) is 10.9 Å². The second-order valence-electron chi connectivity index (χ2n) is 3.03. The fraction of sp³-hybridized carbons (Fsp3) is 0.0909. The minimum Gasteiger partial charge on any atom is -0.122 e. The molecule has 0 aliphatic rings. The fourth-order valence-electron chi connectivity index (χ4n) is 1.46. The lowest BCUT2D eigenvalue weighted by Gasteiger charge is -2.05. The van der Waals surface area contributed by atoms with Gasteiger partial charge >= 0.3 is 0 Å². The number of benzene rings is 2. The van der Waals surface area contributed by atoms with Crippen LogP contribution in [0.2, 0.25) is 10.0 Å². The number of halogens is 3. The fourth-order valence-corrected chi connectivity index (χ4v) is 2.09. The first-order chi connectivity index (χ1) is 6.72. The molecule has 14 heavy (non-hydrogen) atoms. The van der Waals surface area contributed by atoms with Crippen LogP contribution in [0.5, 0.6) is 0 Å². The van der Waals surface area contributed by atoms with Crippen LogP contribution in [0.4, 0.5) is 0 Å². The van der Waals surface area contributed by atoms with E-state index in [1.165, 1.54) is 0 Å². The van der Waals surface area contributed by atoms with Crippen molar-refractivity contribution in [1.82, 2.24) is 0 Å². The van der Waals surface area contributed by atoms with E-state index in [0.717, 1.165) is 21.4 Å². The van der Waals surface area contributed by atoms with Gasteiger partial charge in [-0.05, 0) is 29.1 Å². The third kappa shape index (κ3) is 1.70. The van der Waals surface area contributed by atoms with Crippen molar-refractivity contribution >= 4 is 45.6 Å². The monoisotopic (exact) mass is 244 g/mol. The number of hydrogen-bond donors (Lipinski definition) is 0. The highest BCUT2D eigenvalue weighted by atomic mass is 35.5. The van der Waals surface area contributed by atoms with Crippen LogP contribution >= 0.6 is 34.8 Å². The van der Waals surface area contributed by atoms with E-state index in [9.17, 15) is 0 Å². The third-order valence-corrected chi connectivity index (χ3v) is 3.01. The largest absolute Gasteiger partial charge is 0.122 e. The van der Waals surface area contributed by atoms with Gasteiger partial charge in [-0.1, -0.05) is 35.3 Å². The molecule has 0 saturated carbocycles. The van der Waals surface area contributed by atoms with Crippen LogP contribution in [0, 0.1) is 0 Å². The zero-order valence-electron chi connectivity index (χ0n) is 7.23. The Morgan fingerprint density at radius 2 is 1.71 bits per heavy atom. The second kappa shape index (κ2) is 3.98. The average molecular weight is 246 g/mol. The molecule has 0 unspecified atom stereocenters. The molecule has 0 nitrogen and oxygen atoms in total. The Bertz CT molecular complexity index is 477. The van der Waals surface area contributed by atoms with Gasteiger partial charge in [0.15, 0.2) is 0 Å². The molecule has 2 rings (SSSR count). The Balaban J connectivity index is 2.85. The van der Waals surface area contributed by atoms with Crippen LogP contribution in [0.3, 0.4) is 0 Å². The van der Waals surface area contributed by atoms with Gasteiger partial charge < -0.3 is 0 Å². The normalized spacial score (nSPS) is 10.8. The first-order valence-corrected chi connectivity index (χ1v) is 5.44. The summed E-state index contributed by atoms with van der Waals surface area (Å²) in [6, 6.07) is 9.41. The first-order valence-electron chi connectivity index (χ1n) is 4.15. The van der Waals surface area contributed by atoms with Crippen LogP contribution in [0.25, 0.3) is 10.8 Å². The van der Waals surface area contributed by atoms with E-state index in [-0.39, 0.29) is 0 Å². The van der Waals surface area contributed by atoms with Gasteiger partial charge in [-0.15, -0.1) is 11.6 Å². The molecule has 3 heteroatoms. The van der Waals surface area contributed by atoms with Gasteiger partial charge in [-0.3, -0.25) is 0 Å². The van der Waals surface area contributed by atoms with Crippen molar-refractivity contribution in [2.75, 3.05) is 0 Å². The molecular formula is C11H7Cl3. The minimum absolute atomic E-state index is 0.466. The molecule has 2 aromatic rings. The maximum absolute atomic E-state index is 6.05. The number of alkyl halides is 1. The maximum atomic E-state index is 6.05. The average Bonchev–Trinajstić information content (AvgIpc) is 2.18. The number of hydrogen-bond acceptors (Lipinski definition) is 0. The molecule has 72 valence electrons. The van der Waals surface area contributed by atoms with Crippen LogP contribution in [0.1, 0.15) is 5.56 Å². The van der Waals surface area contributed by atoms with Crippen LogP contribution < -0.4 is 0 Å². The highest BCUT2D eigenvalue weighted by Crippen LogP contribution is 2.29. The van der Waals surface area contributed by atoms with Crippen molar-refractivity contribution in [2.24, 2.45) is 0 Å². The molecule has 0 aromatic heterocycles. The van der Waals surface area contributed by atoms with E-state index in [1.807, 2.05) is 30.3 Å². The molecule has 0 saturated heterocycles. The molecule has 0 aliphatic heterocycles. The Hall–Kier alpha value is -0.430. The van der Waals surface area contributed by atoms with E-state index in [1.54, 1.807) is 0 Å². The molecule has 0 N–H and O–H groups in total. The lowest BCUT2D eigenvalue weighted by atomic mass is 10.1. The second-order valence-corrected chi connectivity index (χ2v) is 4.14. The lowest BCUT2D eigenvalue weighted by Crippen LogP contribution is -1.83. The van der Waals surface area contributed by atoms with Gasteiger partial charge in [0.1, 0.15) is 0 Å². The Labute approximate surface area is 97.4 Å². The van der Waals surface area contributed by atoms with Crippen LogP contribution in [-0.2, 0) is 5.88 Å². The summed E-state index contributed by atoms with van der Waals surface area (Å²) in [7, 11) is 0. The van der Waals surface area contributed by atoms with Gasteiger partial charge in [-0.25, -0.2) is 0 Å². The molecule has 2 aromatic carbocycles. The molecule has 0 bridgehead atoms. The van der Waals surface area contributed by atoms with Gasteiger partial charge in [-0.2, -0.15) is 0 Å². The molecule has 0 fully saturated rings. The van der Waals surface area contributed by atoms with Crippen molar-refractivity contribution in [3.05, 3.63) is 45.9 Å². The van der Waals surface area contributed by atoms with Crippen LogP contribution in [-0.4, -0.2) is 0 Å². The summed E-state index contributed by atoms with van der Waals surface area (Å²) < 4.78 is 0. The van der Waals surface area contributed by atoms with E-state index < -0.39 is 0 Å². The summed E-state index contributed by atoms with van der Waals surface area (Å²) in [5.41, 5.74) is 1.05. The van der Waals surface area contributed by atoms with Gasteiger partial charge in [0, 0.05) is 21.3 Å². The van der Waals surface area contributed by atoms with Crippen molar-refractivity contribution < 1.29 is 0 Å². The van der Waals surface area contributed by atoms with E-state index in [4.69, 9.17) is 34.8 Å². The molecule has 0 heterocycles. The molecular weight excluding hydrogens is 238 g/mol. The maximum Gasteiger partial charge on any atom is 0.0484 e. The summed E-state index contributed by atoms with van der Waals surface area (Å²) in [6.07, 6.45) is 0. The predicted octanol–water partition coefficient (Wildman–Crippen LogP) is 4.89. The molecule has 0 spiro atoms. The van der Waals surface area contributed by atoms with Crippen molar-refractivity contribution in [3.63, 3.8) is 0 Å². The Morgan fingerprint density at radius 3 is 2.43 bits per heavy atom. The van der Waals surface area contributed by atoms with Gasteiger partial charge in [0.2, 0.25) is 0 Å². The van der Waals surface area contributed by atoms with Gasteiger partial charge in [0.05, 0.1) is 0 Å². The molecule has 0 aliphatic carbocycles. The highest BCUT2D eigenvalue weighted by Gasteiger charge is 2.04. The lowest BCUT2D eigenvalue weighted by molar-refractivity contribution is 1.45. The van der Waals surface area contributed by atoms with Crippen LogP contribution in [0.15, 0.2) is 30.3 Å². The third-order valence-electron chi connectivity index (χ3n) is 2.16. The van der Waals surface area contributed by atoms with E-state index >= 15 is 0 Å². The summed E-state index contributed by atoms with van der Waals surface area (Å²) in [4.78, 5) is 0. The molecule has 0 radical (unpaired) electrons. The van der Waals surface area contributed by atoms with Gasteiger partial charge in [0.25, 0.3) is 0 Å². The van der Waals surface area contributed by atoms with Crippen molar-refractivity contribution in [1.29, 1.82) is 0 Å². The Kier molecular flexibility index (Phi) is 2.87. The van der Waals surface area contributed by atoms with Crippen molar-refractivity contribution in [2.45, 2.75) is 5.88 Å². The number of fused-ring (bicyclic) bond motifs is 1. The molecule has 0 atom stereocenters. The summed E-state index contributed by atoms with van der Waals surface area (Å²) in [5.74, 6) is 0.466.